The first-order valence-corrected chi connectivity index (χ1v) is 55.2. The van der Waals surface area contributed by atoms with Crippen molar-refractivity contribution in [3.63, 3.8) is 0 Å². The van der Waals surface area contributed by atoms with Gasteiger partial charge in [0.1, 0.15) is 16.6 Å². The topological polar surface area (TPSA) is 18.5 Å². The Morgan fingerprint density at radius 1 is 0.217 bits per heavy atom. The third-order valence-corrected chi connectivity index (χ3v) is 38.1. The van der Waals surface area contributed by atoms with Crippen LogP contribution in [0.3, 0.4) is 0 Å². The summed E-state index contributed by atoms with van der Waals surface area (Å²) in [5.74, 6) is 4.47. The van der Waals surface area contributed by atoms with Crippen molar-refractivity contribution in [2.75, 3.05) is 6.79 Å². The summed E-state index contributed by atoms with van der Waals surface area (Å²) in [5.41, 5.74) is 8.59. The van der Waals surface area contributed by atoms with Crippen LogP contribution in [0.2, 0.25) is 0 Å². The first kappa shape index (κ1) is 97.9. The van der Waals surface area contributed by atoms with Crippen LogP contribution in [-0.2, 0) is 80.9 Å². The Labute approximate surface area is 838 Å². The molecule has 0 atom stereocenters. The van der Waals surface area contributed by atoms with Gasteiger partial charge in [-0.3, -0.25) is 0 Å². The van der Waals surface area contributed by atoms with Crippen LogP contribution < -0.4 is 4.74 Å². The minimum atomic E-state index is -0.164. The van der Waals surface area contributed by atoms with Gasteiger partial charge < -0.3 is 9.47 Å². The second-order valence-electron chi connectivity index (χ2n) is 41.0. The molecule has 0 N–H and O–H groups in total. The van der Waals surface area contributed by atoms with E-state index in [9.17, 15) is 0 Å². The van der Waals surface area contributed by atoms with E-state index in [4.69, 9.17) is 9.47 Å². The Kier molecular flexibility index (Phi) is 31.6. The molecule has 2 nitrogen and oxygen atoms in total. The first-order chi connectivity index (χ1) is 66.8. The predicted molar refractivity (Wildman–Crippen MR) is 592 cm³/mol. The van der Waals surface area contributed by atoms with Gasteiger partial charge in [0.15, 0.2) is 80.2 Å². The molecule has 4 bridgehead atoms. The van der Waals surface area contributed by atoms with Gasteiger partial charge in [-0.15, -0.1) is 0 Å². The van der Waals surface area contributed by atoms with Crippen LogP contribution in [0.5, 0.6) is 5.75 Å². The number of hydrogen-bond donors (Lipinski definition) is 0. The molecule has 0 unspecified atom stereocenters. The normalized spacial score (nSPS) is 15.6. The van der Waals surface area contributed by atoms with Gasteiger partial charge in [-0.25, -0.2) is 0 Å². The minimum Gasteiger partial charge on any atom is -0.467 e. The number of benzene rings is 18. The van der Waals surface area contributed by atoms with Gasteiger partial charge in [-0.1, -0.05) is 350 Å². The summed E-state index contributed by atoms with van der Waals surface area (Å²) in [7, 11) is -0.565. The van der Waals surface area contributed by atoms with Crippen molar-refractivity contribution >= 4 is 86.8 Å². The molecule has 7 heteroatoms. The largest absolute Gasteiger partial charge is 0.467 e. The van der Waals surface area contributed by atoms with E-state index in [0.717, 1.165) is 29.4 Å². The highest BCUT2D eigenvalue weighted by Crippen LogP contribution is 2.55. The molecule has 0 spiro atoms. The molecule has 0 amide bonds. The molecular weight excluding hydrogens is 1770 g/mol. The van der Waals surface area contributed by atoms with Crippen LogP contribution in [0.25, 0.3) is 32.3 Å². The molecule has 0 aliphatic heterocycles. The maximum atomic E-state index is 6.43. The van der Waals surface area contributed by atoms with E-state index in [0.29, 0.717) is 12.9 Å². The number of hydrogen-bond acceptors (Lipinski definition) is 2. The van der Waals surface area contributed by atoms with Gasteiger partial charge in [0.05, 0.1) is 49.7 Å². The lowest BCUT2D eigenvalue weighted by atomic mass is 9.55. The minimum absolute atomic E-state index is 0.0497. The van der Waals surface area contributed by atoms with Crippen molar-refractivity contribution in [3.8, 4) is 5.75 Å². The maximum absolute atomic E-state index is 6.43. The van der Waals surface area contributed by atoms with Crippen LogP contribution in [0.1, 0.15) is 149 Å². The van der Waals surface area contributed by atoms with Crippen molar-refractivity contribution in [2.45, 2.75) is 230 Å². The van der Waals surface area contributed by atoms with E-state index in [-0.39, 0.29) is 76.1 Å². The maximum Gasteiger partial charge on any atom is 0.189 e. The SMILES string of the molecule is CC(C)(C)c1ccc([S+](c2ccc(C(C)(C)C)cc2)c2ccc(C(C)(C)C)cc2)cc1.CC(C)(C)c1ccc([S+](c2ccccc2)c2ccccc2)cc1.Cc1cc([S+](c2ccccc2)c2ccccc2)cc(C)c1OCOC1C2CC3CC(C2)CC1C3.c1ccc([S+](c2cccc3ccccc23)c2cccc3ccccc23)cc1.c1ccc([S+](c2ccccc2)c2cccc3ccccc23)cc1. The summed E-state index contributed by atoms with van der Waals surface area (Å²) in [6.07, 6.45) is 7.42. The molecule has 694 valence electrons. The summed E-state index contributed by atoms with van der Waals surface area (Å²) >= 11 is 0. The fourth-order valence-electron chi connectivity index (χ4n) is 19.9. The van der Waals surface area contributed by atoms with E-state index in [2.05, 4.69) is 546 Å². The summed E-state index contributed by atoms with van der Waals surface area (Å²) in [6.45, 7) is 32.0. The Morgan fingerprint density at radius 2 is 0.435 bits per heavy atom. The van der Waals surface area contributed by atoms with Crippen molar-refractivity contribution in [1.82, 2.24) is 0 Å². The molecule has 4 saturated carbocycles. The van der Waals surface area contributed by atoms with Gasteiger partial charge in [0, 0.05) is 28.3 Å². The summed E-state index contributed by atoms with van der Waals surface area (Å²) < 4.78 is 12.7. The highest BCUT2D eigenvalue weighted by molar-refractivity contribution is 7.98. The van der Waals surface area contributed by atoms with E-state index in [1.54, 1.807) is 0 Å². The lowest BCUT2D eigenvalue weighted by Gasteiger charge is -2.53. The predicted octanol–water partition coefficient (Wildman–Crippen LogP) is 35.4. The Balaban J connectivity index is 0.000000120. The molecular formula is C131H133O2S5+5. The van der Waals surface area contributed by atoms with Crippen molar-refractivity contribution in [2.24, 2.45) is 23.7 Å². The average Bonchev–Trinajstić information content (AvgIpc) is 0.752. The van der Waals surface area contributed by atoms with Crippen molar-refractivity contribution < 1.29 is 9.47 Å². The molecule has 4 aliphatic carbocycles. The number of aryl methyl sites for hydroxylation is 2. The van der Waals surface area contributed by atoms with Crippen LogP contribution >= 0.6 is 0 Å². The average molecular weight is 1900 g/mol. The molecule has 22 rings (SSSR count). The zero-order valence-corrected chi connectivity index (χ0v) is 86.8. The smallest absolute Gasteiger partial charge is 0.189 e. The molecule has 138 heavy (non-hydrogen) atoms. The van der Waals surface area contributed by atoms with E-state index >= 15 is 0 Å². The zero-order chi connectivity index (χ0) is 95.9. The zero-order valence-electron chi connectivity index (χ0n) is 82.7. The van der Waals surface area contributed by atoms with Gasteiger partial charge in [-0.2, -0.15) is 0 Å². The molecule has 0 heterocycles. The Hall–Kier alpha value is -11.8. The number of rotatable bonds is 19. The van der Waals surface area contributed by atoms with Crippen LogP contribution in [0, 0.1) is 37.5 Å². The molecule has 18 aromatic rings. The summed E-state index contributed by atoms with van der Waals surface area (Å²) in [5, 5.41) is 7.90. The number of fused-ring (bicyclic) bond motifs is 3. The highest BCUT2D eigenvalue weighted by Gasteiger charge is 2.49. The first-order valence-electron chi connectivity index (χ1n) is 49.1. The highest BCUT2D eigenvalue weighted by atomic mass is 32.2. The molecule has 18 aromatic carbocycles. The fraction of sp³-hybridized carbons (Fsp3) is 0.221. The van der Waals surface area contributed by atoms with E-state index < -0.39 is 0 Å². The van der Waals surface area contributed by atoms with E-state index in [1.165, 1.54) is 171 Å². The van der Waals surface area contributed by atoms with Crippen molar-refractivity contribution in [3.05, 3.63) is 482 Å². The second-order valence-corrected chi connectivity index (χ2v) is 51.0. The third-order valence-electron chi connectivity index (χ3n) is 26.9. The monoisotopic (exact) mass is 1900 g/mol. The van der Waals surface area contributed by atoms with Gasteiger partial charge in [0.2, 0.25) is 0 Å². The Morgan fingerprint density at radius 3 is 0.703 bits per heavy atom. The van der Waals surface area contributed by atoms with Gasteiger partial charge >= 0.3 is 0 Å². The van der Waals surface area contributed by atoms with Gasteiger partial charge in [-0.05, 0) is 311 Å². The van der Waals surface area contributed by atoms with Gasteiger partial charge in [0.25, 0.3) is 0 Å². The molecule has 0 radical (unpaired) electrons. The quantitative estimate of drug-likeness (QED) is 0.0593. The lowest BCUT2D eigenvalue weighted by Crippen LogP contribution is -2.49. The molecule has 4 aliphatic rings. The summed E-state index contributed by atoms with van der Waals surface area (Å²) in [4.78, 5) is 20.5. The second kappa shape index (κ2) is 44.6. The molecule has 4 fully saturated rings. The van der Waals surface area contributed by atoms with Crippen LogP contribution in [0.4, 0.5) is 0 Å². The van der Waals surface area contributed by atoms with Crippen LogP contribution in [0.15, 0.2) is 522 Å². The molecule has 0 saturated heterocycles. The summed E-state index contributed by atoms with van der Waals surface area (Å²) in [6, 6.07) is 163. The molecule has 0 aromatic heterocycles. The number of ether oxygens (including phenoxy) is 2. The third kappa shape index (κ3) is 23.9. The lowest BCUT2D eigenvalue weighted by molar-refractivity contribution is -0.155. The van der Waals surface area contributed by atoms with E-state index in [1.807, 2.05) is 0 Å². The van der Waals surface area contributed by atoms with Crippen molar-refractivity contribution in [1.29, 1.82) is 0 Å². The fourth-order valence-corrected chi connectivity index (χ4v) is 31.0. The van der Waals surface area contributed by atoms with Crippen LogP contribution in [-0.4, -0.2) is 12.9 Å². The Bertz CT molecular complexity index is 6550. The standard InChI is InChI=1S/C31H35O2S.C30H39S.C26H19S.C22H17S.C22H23S/c1-21-13-29(34(27-9-5-3-6-10-27)28-11-7-4-8-12-28)14-22(2)30(21)32-20-33-31-25-16-23-15-24(18-25)19-26(31)17-23;1-28(2,3)22-10-16-25(17-11-22)31(26-18-12-23(13-19-26)29(4,5)6)27-20-14-24(15-21-27)30(7,8)9;1-2-14-22(15-3-1)27(25-18-8-12-20-10-4-6-16-23(20)25)26-19-9-13-21-11-5-7-17-24(21)26;1-3-12-19(13-4-1)23(20-14-5-2-6-15-20)22-17-9-11-18-10-7-8-16-21(18)22;1-22(2,3)18-14-16-21(17-15-18)23(19-10-6-4-7-11-19)20-12-8-5-9-13-20/h3-14,23-26,31H,15-20H2,1-2H3;10-21H,1-9H3;1-19H;1-17H;4-17H,1-3H3/q5*+1.